The lowest BCUT2D eigenvalue weighted by atomic mass is 9.97. The SMILES string of the molecule is O=C(O)CC1CN(C(=O)Nc2ccc([N+](=O)[O-])cc2F)C1. The van der Waals surface area contributed by atoms with Gasteiger partial charge in [0.2, 0.25) is 0 Å². The zero-order valence-electron chi connectivity index (χ0n) is 10.8. The number of benzene rings is 1. The van der Waals surface area contributed by atoms with Crippen LogP contribution in [0.4, 0.5) is 20.6 Å². The van der Waals surface area contributed by atoms with Crippen molar-refractivity contribution in [3.8, 4) is 0 Å². The summed E-state index contributed by atoms with van der Waals surface area (Å²) in [6.45, 7) is 0.569. The van der Waals surface area contributed by atoms with Crippen LogP contribution in [0.15, 0.2) is 18.2 Å². The maximum absolute atomic E-state index is 13.6. The molecule has 9 heteroatoms. The van der Waals surface area contributed by atoms with Crippen LogP contribution in [0.2, 0.25) is 0 Å². The van der Waals surface area contributed by atoms with Crippen molar-refractivity contribution in [1.29, 1.82) is 0 Å². The normalized spacial score (nSPS) is 14.4. The number of carbonyl (C=O) groups excluding carboxylic acids is 1. The first-order chi connectivity index (χ1) is 9.86. The van der Waals surface area contributed by atoms with Crippen molar-refractivity contribution >= 4 is 23.4 Å². The number of hydrogen-bond acceptors (Lipinski definition) is 4. The molecule has 1 aliphatic heterocycles. The Hall–Kier alpha value is -2.71. The fraction of sp³-hybridized carbons (Fsp3) is 0.333. The minimum Gasteiger partial charge on any atom is -0.481 e. The fourth-order valence-corrected chi connectivity index (χ4v) is 2.02. The number of carbonyl (C=O) groups is 2. The van der Waals surface area contributed by atoms with Gasteiger partial charge in [0.05, 0.1) is 23.1 Å². The third kappa shape index (κ3) is 3.44. The zero-order valence-corrected chi connectivity index (χ0v) is 10.8. The van der Waals surface area contributed by atoms with Gasteiger partial charge in [-0.25, -0.2) is 9.18 Å². The quantitative estimate of drug-likeness (QED) is 0.648. The standard InChI is InChI=1S/C12H12FN3O5/c13-9-4-8(16(20)21)1-2-10(9)14-12(19)15-5-7(6-15)3-11(17)18/h1-2,4,7H,3,5-6H2,(H,14,19)(H,17,18). The van der Waals surface area contributed by atoms with Crippen molar-refractivity contribution in [3.63, 3.8) is 0 Å². The molecule has 8 nitrogen and oxygen atoms in total. The number of carboxylic acid groups (broad SMARTS) is 1. The number of aliphatic carboxylic acids is 1. The van der Waals surface area contributed by atoms with Gasteiger partial charge >= 0.3 is 12.0 Å². The van der Waals surface area contributed by atoms with Crippen molar-refractivity contribution in [2.75, 3.05) is 18.4 Å². The summed E-state index contributed by atoms with van der Waals surface area (Å²) in [7, 11) is 0. The number of likely N-dealkylation sites (tertiary alicyclic amines) is 1. The summed E-state index contributed by atoms with van der Waals surface area (Å²) in [5.74, 6) is -1.93. The molecule has 112 valence electrons. The van der Waals surface area contributed by atoms with Gasteiger partial charge in [-0.3, -0.25) is 14.9 Å². The van der Waals surface area contributed by atoms with Crippen LogP contribution in [0.5, 0.6) is 0 Å². The van der Waals surface area contributed by atoms with Crippen LogP contribution in [-0.4, -0.2) is 40.0 Å². The van der Waals surface area contributed by atoms with Gasteiger partial charge in [-0.2, -0.15) is 0 Å². The maximum atomic E-state index is 13.6. The smallest absolute Gasteiger partial charge is 0.321 e. The zero-order chi connectivity index (χ0) is 15.6. The molecule has 1 fully saturated rings. The van der Waals surface area contributed by atoms with Crippen LogP contribution in [0.3, 0.4) is 0 Å². The lowest BCUT2D eigenvalue weighted by molar-refractivity contribution is -0.385. The molecule has 1 aromatic carbocycles. The molecule has 0 radical (unpaired) electrons. The molecule has 1 heterocycles. The summed E-state index contributed by atoms with van der Waals surface area (Å²) in [4.78, 5) is 33.3. The molecule has 0 bridgehead atoms. The first kappa shape index (κ1) is 14.7. The fourth-order valence-electron chi connectivity index (χ4n) is 2.02. The van der Waals surface area contributed by atoms with Gasteiger partial charge in [0, 0.05) is 25.1 Å². The van der Waals surface area contributed by atoms with Crippen LogP contribution < -0.4 is 5.32 Å². The first-order valence-corrected chi connectivity index (χ1v) is 6.08. The predicted octanol–water partition coefficient (Wildman–Crippen LogP) is 1.67. The van der Waals surface area contributed by atoms with Crippen LogP contribution in [0.25, 0.3) is 0 Å². The van der Waals surface area contributed by atoms with Crippen LogP contribution in [0, 0.1) is 21.8 Å². The van der Waals surface area contributed by atoms with E-state index in [9.17, 15) is 24.1 Å². The highest BCUT2D eigenvalue weighted by Gasteiger charge is 2.32. The second-order valence-corrected chi connectivity index (χ2v) is 4.72. The molecule has 0 unspecified atom stereocenters. The third-order valence-corrected chi connectivity index (χ3v) is 3.11. The molecule has 2 N–H and O–H groups in total. The number of non-ortho nitro benzene ring substituents is 1. The van der Waals surface area contributed by atoms with Gasteiger partial charge in [0.15, 0.2) is 5.82 Å². The largest absolute Gasteiger partial charge is 0.481 e. The number of carboxylic acids is 1. The molecule has 21 heavy (non-hydrogen) atoms. The molecular weight excluding hydrogens is 285 g/mol. The summed E-state index contributed by atoms with van der Waals surface area (Å²) in [6, 6.07) is 2.35. The average Bonchev–Trinajstić information content (AvgIpc) is 2.35. The molecule has 0 saturated carbocycles. The van der Waals surface area contributed by atoms with Gasteiger partial charge < -0.3 is 15.3 Å². The van der Waals surface area contributed by atoms with Crippen LogP contribution >= 0.6 is 0 Å². The number of anilines is 1. The van der Waals surface area contributed by atoms with E-state index in [0.717, 1.165) is 18.2 Å². The first-order valence-electron chi connectivity index (χ1n) is 6.08. The lowest BCUT2D eigenvalue weighted by Gasteiger charge is -2.38. The predicted molar refractivity (Wildman–Crippen MR) is 69.4 cm³/mol. The summed E-state index contributed by atoms with van der Waals surface area (Å²) in [6.07, 6.45) is -0.0182. The highest BCUT2D eigenvalue weighted by molar-refractivity contribution is 5.90. The summed E-state index contributed by atoms with van der Waals surface area (Å²) >= 11 is 0. The topological polar surface area (TPSA) is 113 Å². The molecular formula is C12H12FN3O5. The number of urea groups is 1. The third-order valence-electron chi connectivity index (χ3n) is 3.11. The monoisotopic (exact) mass is 297 g/mol. The minimum absolute atomic E-state index is 0.0182. The molecule has 1 aromatic rings. The van der Waals surface area contributed by atoms with E-state index in [1.165, 1.54) is 4.90 Å². The van der Waals surface area contributed by atoms with Crippen LogP contribution in [0.1, 0.15) is 6.42 Å². The van der Waals surface area contributed by atoms with Crippen molar-refractivity contribution in [2.24, 2.45) is 5.92 Å². The number of hydrogen-bond donors (Lipinski definition) is 2. The Morgan fingerprint density at radius 1 is 1.48 bits per heavy atom. The Labute approximate surface area is 118 Å². The van der Waals surface area contributed by atoms with E-state index >= 15 is 0 Å². The van der Waals surface area contributed by atoms with Gasteiger partial charge in [0.25, 0.3) is 5.69 Å². The molecule has 2 amide bonds. The summed E-state index contributed by atoms with van der Waals surface area (Å²) in [5, 5.41) is 21.4. The average molecular weight is 297 g/mol. The van der Waals surface area contributed by atoms with E-state index in [-0.39, 0.29) is 31.1 Å². The molecule has 0 spiro atoms. The molecule has 2 rings (SSSR count). The van der Waals surface area contributed by atoms with E-state index < -0.39 is 28.4 Å². The number of nitrogens with zero attached hydrogens (tertiary/aromatic N) is 2. The minimum atomic E-state index is -0.929. The Morgan fingerprint density at radius 2 is 2.14 bits per heavy atom. The lowest BCUT2D eigenvalue weighted by Crippen LogP contribution is -2.52. The molecule has 0 aliphatic carbocycles. The van der Waals surface area contributed by atoms with E-state index in [2.05, 4.69) is 5.32 Å². The second-order valence-electron chi connectivity index (χ2n) is 4.72. The highest BCUT2D eigenvalue weighted by atomic mass is 19.1. The van der Waals surface area contributed by atoms with E-state index in [4.69, 9.17) is 5.11 Å². The molecule has 1 saturated heterocycles. The molecule has 0 atom stereocenters. The summed E-state index contributed by atoms with van der Waals surface area (Å²) < 4.78 is 13.6. The second kappa shape index (κ2) is 5.73. The van der Waals surface area contributed by atoms with E-state index in [0.29, 0.717) is 0 Å². The van der Waals surface area contributed by atoms with E-state index in [1.54, 1.807) is 0 Å². The number of amides is 2. The van der Waals surface area contributed by atoms with Gasteiger partial charge in [-0.1, -0.05) is 0 Å². The van der Waals surface area contributed by atoms with Gasteiger partial charge in [0.1, 0.15) is 0 Å². The number of nitrogens with one attached hydrogen (secondary N) is 1. The number of rotatable bonds is 4. The number of nitro benzene ring substituents is 1. The number of nitro groups is 1. The van der Waals surface area contributed by atoms with Gasteiger partial charge in [-0.05, 0) is 6.07 Å². The highest BCUT2D eigenvalue weighted by Crippen LogP contribution is 2.23. The number of halogens is 1. The molecule has 1 aliphatic rings. The van der Waals surface area contributed by atoms with Gasteiger partial charge in [-0.15, -0.1) is 0 Å². The summed E-state index contributed by atoms with van der Waals surface area (Å²) in [5.41, 5.74) is -0.566. The van der Waals surface area contributed by atoms with Crippen molar-refractivity contribution in [3.05, 3.63) is 34.1 Å². The molecule has 0 aromatic heterocycles. The Bertz CT molecular complexity index is 601. The Morgan fingerprint density at radius 3 is 2.67 bits per heavy atom. The van der Waals surface area contributed by atoms with Crippen molar-refractivity contribution in [2.45, 2.75) is 6.42 Å². The Kier molecular flexibility index (Phi) is 4.01. The van der Waals surface area contributed by atoms with Crippen molar-refractivity contribution < 1.29 is 24.0 Å². The van der Waals surface area contributed by atoms with Crippen LogP contribution in [-0.2, 0) is 4.79 Å². The van der Waals surface area contributed by atoms with E-state index in [1.807, 2.05) is 0 Å². The maximum Gasteiger partial charge on any atom is 0.321 e. The van der Waals surface area contributed by atoms with Crippen molar-refractivity contribution in [1.82, 2.24) is 4.90 Å². The Balaban J connectivity index is 1.92.